The van der Waals surface area contributed by atoms with Crippen molar-refractivity contribution in [3.05, 3.63) is 23.9 Å². The van der Waals surface area contributed by atoms with Crippen molar-refractivity contribution >= 4 is 5.96 Å². The van der Waals surface area contributed by atoms with Gasteiger partial charge >= 0.3 is 0 Å². The van der Waals surface area contributed by atoms with Gasteiger partial charge in [-0.1, -0.05) is 0 Å². The van der Waals surface area contributed by atoms with Crippen LogP contribution in [0.2, 0.25) is 0 Å². The van der Waals surface area contributed by atoms with Gasteiger partial charge in [0.2, 0.25) is 5.88 Å². The number of aromatic nitrogens is 1. The number of rotatable bonds is 6. The van der Waals surface area contributed by atoms with Crippen molar-refractivity contribution in [1.29, 1.82) is 0 Å². The molecule has 0 bridgehead atoms. The molecule has 1 heterocycles. The number of pyridine rings is 1. The van der Waals surface area contributed by atoms with Crippen molar-refractivity contribution in [3.63, 3.8) is 0 Å². The van der Waals surface area contributed by atoms with E-state index in [1.54, 1.807) is 6.20 Å². The molecule has 1 rings (SSSR count). The second-order valence-electron chi connectivity index (χ2n) is 4.43. The first-order chi connectivity index (χ1) is 9.15. The second kappa shape index (κ2) is 8.34. The average Bonchev–Trinajstić information content (AvgIpc) is 2.36. The van der Waals surface area contributed by atoms with Crippen LogP contribution >= 0.6 is 0 Å². The first kappa shape index (κ1) is 15.3. The highest BCUT2D eigenvalue weighted by molar-refractivity contribution is 5.79. The van der Waals surface area contributed by atoms with E-state index in [9.17, 15) is 0 Å². The van der Waals surface area contributed by atoms with Crippen LogP contribution in [0, 0.1) is 0 Å². The van der Waals surface area contributed by atoms with Crippen molar-refractivity contribution in [3.8, 4) is 5.88 Å². The summed E-state index contributed by atoms with van der Waals surface area (Å²) in [7, 11) is 0. The number of ether oxygens (including phenoxy) is 1. The SMILES string of the molecule is CCNC(=NCc1ccnc(OCC)c1)NC(C)C. The van der Waals surface area contributed by atoms with E-state index in [1.807, 2.05) is 19.1 Å². The topological polar surface area (TPSA) is 58.5 Å². The van der Waals surface area contributed by atoms with Gasteiger partial charge in [0.05, 0.1) is 13.2 Å². The molecule has 0 radical (unpaired) electrons. The van der Waals surface area contributed by atoms with Gasteiger partial charge in [-0.2, -0.15) is 0 Å². The van der Waals surface area contributed by atoms with Gasteiger partial charge in [-0.15, -0.1) is 0 Å². The summed E-state index contributed by atoms with van der Waals surface area (Å²) in [6.07, 6.45) is 1.75. The molecule has 19 heavy (non-hydrogen) atoms. The first-order valence-electron chi connectivity index (χ1n) is 6.78. The Morgan fingerprint density at radius 2 is 2.21 bits per heavy atom. The number of nitrogens with zero attached hydrogens (tertiary/aromatic N) is 2. The minimum absolute atomic E-state index is 0.356. The lowest BCUT2D eigenvalue weighted by atomic mass is 10.3. The molecule has 5 nitrogen and oxygen atoms in total. The standard InChI is InChI=1S/C14H24N4O/c1-5-15-14(18-11(3)4)17-10-12-7-8-16-13(9-12)19-6-2/h7-9,11H,5-6,10H2,1-4H3,(H2,15,17,18). The number of nitrogens with one attached hydrogen (secondary N) is 2. The number of hydrogen-bond donors (Lipinski definition) is 2. The molecule has 0 saturated heterocycles. The quantitative estimate of drug-likeness (QED) is 0.609. The van der Waals surface area contributed by atoms with E-state index < -0.39 is 0 Å². The van der Waals surface area contributed by atoms with Crippen LogP contribution in [0.15, 0.2) is 23.3 Å². The van der Waals surface area contributed by atoms with E-state index >= 15 is 0 Å². The van der Waals surface area contributed by atoms with E-state index in [4.69, 9.17) is 4.74 Å². The van der Waals surface area contributed by atoms with Gasteiger partial charge in [-0.05, 0) is 39.3 Å². The predicted molar refractivity (Wildman–Crippen MR) is 78.5 cm³/mol. The van der Waals surface area contributed by atoms with Crippen LogP contribution in [0.1, 0.15) is 33.3 Å². The third-order valence-electron chi connectivity index (χ3n) is 2.28. The van der Waals surface area contributed by atoms with Crippen LogP contribution in [0.3, 0.4) is 0 Å². The Morgan fingerprint density at radius 3 is 2.84 bits per heavy atom. The van der Waals surface area contributed by atoms with E-state index in [1.165, 1.54) is 0 Å². The molecule has 2 N–H and O–H groups in total. The minimum Gasteiger partial charge on any atom is -0.478 e. The predicted octanol–water partition coefficient (Wildman–Crippen LogP) is 1.94. The Bertz CT molecular complexity index is 404. The van der Waals surface area contributed by atoms with Crippen molar-refractivity contribution in [2.45, 2.75) is 40.3 Å². The molecule has 1 aromatic heterocycles. The summed E-state index contributed by atoms with van der Waals surface area (Å²) < 4.78 is 5.37. The molecule has 0 aliphatic carbocycles. The molecule has 0 fully saturated rings. The van der Waals surface area contributed by atoms with Gasteiger partial charge in [-0.3, -0.25) is 0 Å². The molecular weight excluding hydrogens is 240 g/mol. The highest BCUT2D eigenvalue weighted by atomic mass is 16.5. The Hall–Kier alpha value is -1.78. The zero-order valence-corrected chi connectivity index (χ0v) is 12.2. The summed E-state index contributed by atoms with van der Waals surface area (Å²) in [5.41, 5.74) is 1.08. The number of guanidine groups is 1. The molecule has 0 aliphatic heterocycles. The van der Waals surface area contributed by atoms with Gasteiger partial charge in [0.1, 0.15) is 0 Å². The lowest BCUT2D eigenvalue weighted by Crippen LogP contribution is -2.40. The lowest BCUT2D eigenvalue weighted by molar-refractivity contribution is 0.326. The molecule has 0 aliphatic rings. The van der Waals surface area contributed by atoms with Crippen LogP contribution in [-0.4, -0.2) is 30.1 Å². The van der Waals surface area contributed by atoms with Crippen molar-refractivity contribution in [2.24, 2.45) is 4.99 Å². The summed E-state index contributed by atoms with van der Waals surface area (Å²) in [6, 6.07) is 4.23. The van der Waals surface area contributed by atoms with Crippen molar-refractivity contribution < 1.29 is 4.74 Å². The van der Waals surface area contributed by atoms with E-state index in [-0.39, 0.29) is 0 Å². The summed E-state index contributed by atoms with van der Waals surface area (Å²) >= 11 is 0. The summed E-state index contributed by atoms with van der Waals surface area (Å²) in [6.45, 7) is 10.2. The normalized spacial score (nSPS) is 11.5. The van der Waals surface area contributed by atoms with E-state index in [2.05, 4.69) is 41.4 Å². The van der Waals surface area contributed by atoms with Crippen LogP contribution in [-0.2, 0) is 6.54 Å². The molecule has 0 saturated carbocycles. The van der Waals surface area contributed by atoms with Crippen LogP contribution in [0.5, 0.6) is 5.88 Å². The second-order valence-corrected chi connectivity index (χ2v) is 4.43. The molecular formula is C14H24N4O. The maximum Gasteiger partial charge on any atom is 0.213 e. The lowest BCUT2D eigenvalue weighted by Gasteiger charge is -2.14. The maximum atomic E-state index is 5.37. The smallest absolute Gasteiger partial charge is 0.213 e. The Kier molecular flexibility index (Phi) is 6.71. The minimum atomic E-state index is 0.356. The van der Waals surface area contributed by atoms with Gasteiger partial charge in [0, 0.05) is 24.8 Å². The van der Waals surface area contributed by atoms with Crippen LogP contribution in [0.25, 0.3) is 0 Å². The third kappa shape index (κ3) is 6.08. The van der Waals surface area contributed by atoms with Crippen LogP contribution in [0.4, 0.5) is 0 Å². The molecule has 5 heteroatoms. The van der Waals surface area contributed by atoms with Crippen molar-refractivity contribution in [2.75, 3.05) is 13.2 Å². The zero-order chi connectivity index (χ0) is 14.1. The Labute approximate surface area is 115 Å². The average molecular weight is 264 g/mol. The Balaban J connectivity index is 2.67. The molecule has 106 valence electrons. The fourth-order valence-corrected chi connectivity index (χ4v) is 1.54. The maximum absolute atomic E-state index is 5.37. The highest BCUT2D eigenvalue weighted by Gasteiger charge is 2.01. The molecule has 0 atom stereocenters. The van der Waals surface area contributed by atoms with E-state index in [0.29, 0.717) is 25.1 Å². The fraction of sp³-hybridized carbons (Fsp3) is 0.571. The van der Waals surface area contributed by atoms with Crippen LogP contribution < -0.4 is 15.4 Å². The highest BCUT2D eigenvalue weighted by Crippen LogP contribution is 2.10. The van der Waals surface area contributed by atoms with Crippen molar-refractivity contribution in [1.82, 2.24) is 15.6 Å². The zero-order valence-electron chi connectivity index (χ0n) is 12.2. The molecule has 0 aromatic carbocycles. The first-order valence-corrected chi connectivity index (χ1v) is 6.78. The summed E-state index contributed by atoms with van der Waals surface area (Å²) in [5.74, 6) is 1.48. The molecule has 1 aromatic rings. The molecule has 0 amide bonds. The molecule has 0 spiro atoms. The largest absolute Gasteiger partial charge is 0.478 e. The monoisotopic (exact) mass is 264 g/mol. The van der Waals surface area contributed by atoms with Gasteiger partial charge in [0.15, 0.2) is 5.96 Å². The fourth-order valence-electron chi connectivity index (χ4n) is 1.54. The number of hydrogen-bond acceptors (Lipinski definition) is 3. The van der Waals surface area contributed by atoms with Gasteiger partial charge < -0.3 is 15.4 Å². The number of aliphatic imine (C=N–C) groups is 1. The summed E-state index contributed by atoms with van der Waals surface area (Å²) in [4.78, 5) is 8.68. The third-order valence-corrected chi connectivity index (χ3v) is 2.28. The van der Waals surface area contributed by atoms with Gasteiger partial charge in [-0.25, -0.2) is 9.98 Å². The van der Waals surface area contributed by atoms with E-state index in [0.717, 1.165) is 18.1 Å². The molecule has 0 unspecified atom stereocenters. The summed E-state index contributed by atoms with van der Waals surface area (Å²) in [5, 5.41) is 6.50. The van der Waals surface area contributed by atoms with Gasteiger partial charge in [0.25, 0.3) is 0 Å². The Morgan fingerprint density at radius 1 is 1.42 bits per heavy atom.